The van der Waals surface area contributed by atoms with Gasteiger partial charge in [-0.3, -0.25) is 0 Å². The van der Waals surface area contributed by atoms with E-state index in [2.05, 4.69) is 13.8 Å². The molecule has 1 saturated carbocycles. The molecule has 0 spiro atoms. The zero-order chi connectivity index (χ0) is 9.68. The first-order chi connectivity index (χ1) is 6.24. The molecular formula is C12H23Cl. The fourth-order valence-electron chi connectivity index (χ4n) is 2.36. The van der Waals surface area contributed by atoms with E-state index in [0.717, 1.165) is 11.8 Å². The number of rotatable bonds is 2. The molecular weight excluding hydrogens is 180 g/mol. The van der Waals surface area contributed by atoms with Gasteiger partial charge in [-0.25, -0.2) is 0 Å². The van der Waals surface area contributed by atoms with Crippen molar-refractivity contribution in [1.29, 1.82) is 0 Å². The molecule has 3 unspecified atom stereocenters. The molecule has 78 valence electrons. The third-order valence-electron chi connectivity index (χ3n) is 3.60. The molecule has 13 heavy (non-hydrogen) atoms. The summed E-state index contributed by atoms with van der Waals surface area (Å²) in [5, 5.41) is 0.458. The molecule has 0 bridgehead atoms. The van der Waals surface area contributed by atoms with Gasteiger partial charge in [0.2, 0.25) is 0 Å². The van der Waals surface area contributed by atoms with E-state index >= 15 is 0 Å². The van der Waals surface area contributed by atoms with E-state index in [1.165, 1.54) is 44.9 Å². The Labute approximate surface area is 88.1 Å². The van der Waals surface area contributed by atoms with Gasteiger partial charge in [0.25, 0.3) is 0 Å². The van der Waals surface area contributed by atoms with Crippen LogP contribution in [0.5, 0.6) is 0 Å². The van der Waals surface area contributed by atoms with Crippen LogP contribution in [0.3, 0.4) is 0 Å². The minimum atomic E-state index is 0.458. The maximum absolute atomic E-state index is 6.29. The Kier molecular flexibility index (Phi) is 5.16. The summed E-state index contributed by atoms with van der Waals surface area (Å²) >= 11 is 6.29. The molecule has 0 saturated heterocycles. The highest BCUT2D eigenvalue weighted by Crippen LogP contribution is 2.31. The number of halogens is 1. The van der Waals surface area contributed by atoms with Crippen molar-refractivity contribution in [1.82, 2.24) is 0 Å². The van der Waals surface area contributed by atoms with Gasteiger partial charge in [-0.1, -0.05) is 46.0 Å². The van der Waals surface area contributed by atoms with Gasteiger partial charge < -0.3 is 0 Å². The van der Waals surface area contributed by atoms with Crippen molar-refractivity contribution in [3.63, 3.8) is 0 Å². The highest BCUT2D eigenvalue weighted by atomic mass is 35.5. The minimum absolute atomic E-state index is 0.458. The van der Waals surface area contributed by atoms with E-state index in [-0.39, 0.29) is 0 Å². The molecule has 0 aliphatic heterocycles. The third kappa shape index (κ3) is 3.89. The molecule has 0 aromatic heterocycles. The second-order valence-electron chi connectivity index (χ2n) is 4.62. The Morgan fingerprint density at radius 1 is 1.23 bits per heavy atom. The fourth-order valence-corrected chi connectivity index (χ4v) is 2.75. The molecule has 1 fully saturated rings. The molecule has 0 aromatic rings. The van der Waals surface area contributed by atoms with Crippen LogP contribution < -0.4 is 0 Å². The summed E-state index contributed by atoms with van der Waals surface area (Å²) in [6.45, 7) is 4.68. The van der Waals surface area contributed by atoms with E-state index in [0.29, 0.717) is 5.38 Å². The van der Waals surface area contributed by atoms with Crippen LogP contribution in [0, 0.1) is 11.8 Å². The van der Waals surface area contributed by atoms with E-state index < -0.39 is 0 Å². The lowest BCUT2D eigenvalue weighted by molar-refractivity contribution is 0.278. The van der Waals surface area contributed by atoms with Gasteiger partial charge in [-0.15, -0.1) is 11.6 Å². The van der Waals surface area contributed by atoms with Crippen LogP contribution in [-0.4, -0.2) is 5.38 Å². The molecule has 0 N–H and O–H groups in total. The van der Waals surface area contributed by atoms with Crippen molar-refractivity contribution in [3.8, 4) is 0 Å². The molecule has 0 amide bonds. The lowest BCUT2D eigenvalue weighted by atomic mass is 9.81. The van der Waals surface area contributed by atoms with Crippen LogP contribution >= 0.6 is 11.6 Å². The van der Waals surface area contributed by atoms with Gasteiger partial charge in [0.15, 0.2) is 0 Å². The molecule has 1 rings (SSSR count). The fraction of sp³-hybridized carbons (Fsp3) is 1.00. The van der Waals surface area contributed by atoms with E-state index in [1.807, 2.05) is 0 Å². The maximum atomic E-state index is 6.29. The van der Waals surface area contributed by atoms with Gasteiger partial charge in [-0.05, 0) is 24.7 Å². The summed E-state index contributed by atoms with van der Waals surface area (Å²) in [7, 11) is 0. The van der Waals surface area contributed by atoms with Gasteiger partial charge >= 0.3 is 0 Å². The van der Waals surface area contributed by atoms with Gasteiger partial charge in [0.1, 0.15) is 0 Å². The van der Waals surface area contributed by atoms with Crippen molar-refractivity contribution in [2.24, 2.45) is 11.8 Å². The van der Waals surface area contributed by atoms with Crippen LogP contribution in [0.15, 0.2) is 0 Å². The maximum Gasteiger partial charge on any atom is 0.0338 e. The zero-order valence-electron chi connectivity index (χ0n) is 9.06. The third-order valence-corrected chi connectivity index (χ3v) is 4.00. The van der Waals surface area contributed by atoms with E-state index in [9.17, 15) is 0 Å². The Hall–Kier alpha value is 0.290. The average Bonchev–Trinajstić information content (AvgIpc) is 2.10. The summed E-state index contributed by atoms with van der Waals surface area (Å²) in [4.78, 5) is 0. The minimum Gasteiger partial charge on any atom is -0.123 e. The van der Waals surface area contributed by atoms with Crippen LogP contribution in [-0.2, 0) is 0 Å². The Morgan fingerprint density at radius 2 is 1.92 bits per heavy atom. The molecule has 0 aromatic carbocycles. The highest BCUT2D eigenvalue weighted by molar-refractivity contribution is 6.20. The van der Waals surface area contributed by atoms with Crippen LogP contribution in [0.25, 0.3) is 0 Å². The topological polar surface area (TPSA) is 0 Å². The van der Waals surface area contributed by atoms with Crippen molar-refractivity contribution in [3.05, 3.63) is 0 Å². The normalized spacial score (nSPS) is 33.5. The number of hydrogen-bond donors (Lipinski definition) is 0. The van der Waals surface area contributed by atoms with Crippen molar-refractivity contribution >= 4 is 11.6 Å². The molecule has 1 aliphatic carbocycles. The van der Waals surface area contributed by atoms with Crippen molar-refractivity contribution < 1.29 is 0 Å². The summed E-state index contributed by atoms with van der Waals surface area (Å²) in [5.74, 6) is 1.77. The summed E-state index contributed by atoms with van der Waals surface area (Å²) in [6.07, 6.45) is 9.41. The summed E-state index contributed by atoms with van der Waals surface area (Å²) < 4.78 is 0. The lowest BCUT2D eigenvalue weighted by Crippen LogP contribution is -2.18. The second kappa shape index (κ2) is 5.90. The molecule has 3 atom stereocenters. The Balaban J connectivity index is 2.40. The molecule has 1 heteroatoms. The summed E-state index contributed by atoms with van der Waals surface area (Å²) in [5.41, 5.74) is 0. The SMILES string of the molecule is CCC(C)C1CCCCCC(Cl)C1. The number of alkyl halides is 1. The van der Waals surface area contributed by atoms with Crippen LogP contribution in [0.4, 0.5) is 0 Å². The first kappa shape index (κ1) is 11.4. The first-order valence-corrected chi connectivity index (χ1v) is 6.31. The average molecular weight is 203 g/mol. The highest BCUT2D eigenvalue weighted by Gasteiger charge is 2.21. The Morgan fingerprint density at radius 3 is 2.62 bits per heavy atom. The van der Waals surface area contributed by atoms with Gasteiger partial charge in [0, 0.05) is 5.38 Å². The molecule has 1 aliphatic rings. The lowest BCUT2D eigenvalue weighted by Gasteiger charge is -2.27. The zero-order valence-corrected chi connectivity index (χ0v) is 9.82. The quantitative estimate of drug-likeness (QED) is 0.574. The summed E-state index contributed by atoms with van der Waals surface area (Å²) in [6, 6.07) is 0. The van der Waals surface area contributed by atoms with E-state index in [4.69, 9.17) is 11.6 Å². The molecule has 0 heterocycles. The van der Waals surface area contributed by atoms with Crippen LogP contribution in [0.1, 0.15) is 58.8 Å². The van der Waals surface area contributed by atoms with Crippen molar-refractivity contribution in [2.75, 3.05) is 0 Å². The van der Waals surface area contributed by atoms with Gasteiger partial charge in [0.05, 0.1) is 0 Å². The molecule has 0 nitrogen and oxygen atoms in total. The molecule has 0 radical (unpaired) electrons. The van der Waals surface area contributed by atoms with E-state index in [1.54, 1.807) is 0 Å². The first-order valence-electron chi connectivity index (χ1n) is 5.88. The predicted octanol–water partition coefficient (Wildman–Crippen LogP) is 4.61. The van der Waals surface area contributed by atoms with Crippen LogP contribution in [0.2, 0.25) is 0 Å². The largest absolute Gasteiger partial charge is 0.123 e. The predicted molar refractivity (Wildman–Crippen MR) is 60.3 cm³/mol. The standard InChI is InChI=1S/C12H23Cl/c1-3-10(2)11-7-5-4-6-8-12(13)9-11/h10-12H,3-9H2,1-2H3. The second-order valence-corrected chi connectivity index (χ2v) is 5.23. The smallest absolute Gasteiger partial charge is 0.0338 e. The monoisotopic (exact) mass is 202 g/mol. The van der Waals surface area contributed by atoms with Crippen molar-refractivity contribution in [2.45, 2.75) is 64.2 Å². The van der Waals surface area contributed by atoms with Gasteiger partial charge in [-0.2, -0.15) is 0 Å². The number of hydrogen-bond acceptors (Lipinski definition) is 0. The Bertz CT molecular complexity index is 133.